The molecule has 0 aliphatic carbocycles. The van der Waals surface area contributed by atoms with Crippen molar-refractivity contribution in [3.05, 3.63) is 77.1 Å². The third-order valence-electron chi connectivity index (χ3n) is 4.44. The molecule has 0 saturated carbocycles. The zero-order valence-electron chi connectivity index (χ0n) is 14.6. The molecular weight excluding hydrogens is 405 g/mol. The lowest BCUT2D eigenvalue weighted by Gasteiger charge is -2.14. The summed E-state index contributed by atoms with van der Waals surface area (Å²) in [5.41, 5.74) is 6.94. The third-order valence-corrected chi connectivity index (χ3v) is 4.77. The molecule has 0 atom stereocenters. The van der Waals surface area contributed by atoms with Gasteiger partial charge in [0.05, 0.1) is 17.5 Å². The molecule has 2 aromatic carbocycles. The molecule has 0 radical (unpaired) electrons. The van der Waals surface area contributed by atoms with Crippen LogP contribution in [0.25, 0.3) is 28.0 Å². The zero-order valence-corrected chi connectivity index (χ0v) is 15.4. The van der Waals surface area contributed by atoms with Crippen molar-refractivity contribution in [1.29, 1.82) is 0 Å². The average Bonchev–Trinajstić information content (AvgIpc) is 3.11. The van der Waals surface area contributed by atoms with Crippen LogP contribution in [0.5, 0.6) is 0 Å². The Morgan fingerprint density at radius 3 is 2.31 bits per heavy atom. The minimum absolute atomic E-state index is 0.101. The molecule has 146 valence electrons. The molecule has 1 amide bonds. The van der Waals surface area contributed by atoms with Gasteiger partial charge in [-0.3, -0.25) is 4.79 Å². The Bertz CT molecular complexity index is 1230. The van der Waals surface area contributed by atoms with Crippen molar-refractivity contribution in [3.8, 4) is 22.4 Å². The van der Waals surface area contributed by atoms with Gasteiger partial charge >= 0.3 is 6.18 Å². The fourth-order valence-electron chi connectivity index (χ4n) is 3.08. The van der Waals surface area contributed by atoms with Crippen molar-refractivity contribution in [3.63, 3.8) is 0 Å². The molecule has 0 aliphatic heterocycles. The Hall–Kier alpha value is -3.39. The summed E-state index contributed by atoms with van der Waals surface area (Å²) in [4.78, 5) is 16.0. The van der Waals surface area contributed by atoms with Crippen LogP contribution in [0.3, 0.4) is 0 Å². The maximum Gasteiger partial charge on any atom is 0.416 e. The number of primary amides is 1. The van der Waals surface area contributed by atoms with Crippen molar-refractivity contribution >= 4 is 23.2 Å². The highest BCUT2D eigenvalue weighted by molar-refractivity contribution is 6.33. The van der Waals surface area contributed by atoms with Gasteiger partial charge < -0.3 is 5.73 Å². The van der Waals surface area contributed by atoms with Gasteiger partial charge in [-0.05, 0) is 18.2 Å². The number of aromatic nitrogens is 3. The van der Waals surface area contributed by atoms with Gasteiger partial charge in [0.25, 0.3) is 5.91 Å². The van der Waals surface area contributed by atoms with E-state index in [2.05, 4.69) is 10.1 Å². The van der Waals surface area contributed by atoms with Crippen LogP contribution in [0, 0.1) is 0 Å². The Morgan fingerprint density at radius 2 is 1.69 bits per heavy atom. The topological polar surface area (TPSA) is 73.3 Å². The van der Waals surface area contributed by atoms with Crippen LogP contribution in [0.2, 0.25) is 5.02 Å². The summed E-state index contributed by atoms with van der Waals surface area (Å²) >= 11 is 6.33. The van der Waals surface area contributed by atoms with Gasteiger partial charge in [-0.1, -0.05) is 41.9 Å². The van der Waals surface area contributed by atoms with Crippen LogP contribution in [0.4, 0.5) is 13.2 Å². The summed E-state index contributed by atoms with van der Waals surface area (Å²) in [7, 11) is 0. The molecule has 0 spiro atoms. The highest BCUT2D eigenvalue weighted by Gasteiger charge is 2.30. The van der Waals surface area contributed by atoms with Crippen LogP contribution in [0.15, 0.2) is 60.9 Å². The minimum atomic E-state index is -4.46. The van der Waals surface area contributed by atoms with Crippen LogP contribution in [0.1, 0.15) is 15.9 Å². The predicted molar refractivity (Wildman–Crippen MR) is 102 cm³/mol. The molecule has 9 heteroatoms. The highest BCUT2D eigenvalue weighted by atomic mass is 35.5. The van der Waals surface area contributed by atoms with E-state index in [1.54, 1.807) is 24.3 Å². The standard InChI is InChI=1S/C20H12ClF3N4O/c21-16-4-2-1-3-13(16)14-9-26-19-15(18(25)29)10-27-28(19)17(14)11-5-7-12(8-6-11)20(22,23)24/h1-10H,(H2,25,29). The molecule has 2 aromatic heterocycles. The Labute approximate surface area is 167 Å². The van der Waals surface area contributed by atoms with E-state index in [1.165, 1.54) is 29.0 Å². The summed E-state index contributed by atoms with van der Waals surface area (Å²) in [5.74, 6) is -0.712. The predicted octanol–water partition coefficient (Wildman–Crippen LogP) is 4.83. The first-order chi connectivity index (χ1) is 13.8. The largest absolute Gasteiger partial charge is 0.416 e. The summed E-state index contributed by atoms with van der Waals surface area (Å²) in [5, 5.41) is 4.63. The van der Waals surface area contributed by atoms with Crippen LogP contribution in [-0.4, -0.2) is 20.5 Å². The van der Waals surface area contributed by atoms with Crippen molar-refractivity contribution in [2.24, 2.45) is 5.73 Å². The molecule has 2 heterocycles. The fraction of sp³-hybridized carbons (Fsp3) is 0.0500. The smallest absolute Gasteiger partial charge is 0.365 e. The number of amides is 1. The van der Waals surface area contributed by atoms with E-state index in [0.717, 1.165) is 12.1 Å². The van der Waals surface area contributed by atoms with E-state index in [-0.39, 0.29) is 11.2 Å². The van der Waals surface area contributed by atoms with E-state index < -0.39 is 17.6 Å². The first-order valence-electron chi connectivity index (χ1n) is 8.36. The number of nitrogens with two attached hydrogens (primary N) is 1. The molecule has 5 nitrogen and oxygen atoms in total. The monoisotopic (exact) mass is 416 g/mol. The molecule has 4 aromatic rings. The van der Waals surface area contributed by atoms with Gasteiger partial charge in [0.15, 0.2) is 5.65 Å². The number of hydrogen-bond donors (Lipinski definition) is 1. The number of benzene rings is 2. The quantitative estimate of drug-likeness (QED) is 0.519. The number of hydrogen-bond acceptors (Lipinski definition) is 3. The molecule has 4 rings (SSSR count). The van der Waals surface area contributed by atoms with Gasteiger partial charge in [-0.2, -0.15) is 18.3 Å². The SMILES string of the molecule is NC(=O)c1cnn2c(-c3ccc(C(F)(F)F)cc3)c(-c3ccccc3Cl)cnc12. The van der Waals surface area contributed by atoms with Crippen molar-refractivity contribution in [2.45, 2.75) is 6.18 Å². The van der Waals surface area contributed by atoms with Gasteiger partial charge in [0.2, 0.25) is 0 Å². The second-order valence-electron chi connectivity index (χ2n) is 6.23. The Kier molecular flexibility index (Phi) is 4.50. The van der Waals surface area contributed by atoms with Crippen LogP contribution < -0.4 is 5.73 Å². The van der Waals surface area contributed by atoms with Crippen LogP contribution in [-0.2, 0) is 6.18 Å². The molecule has 0 bridgehead atoms. The minimum Gasteiger partial charge on any atom is -0.365 e. The Balaban J connectivity index is 2.02. The second kappa shape index (κ2) is 6.89. The molecule has 0 fully saturated rings. The van der Waals surface area contributed by atoms with Crippen molar-refractivity contribution in [1.82, 2.24) is 14.6 Å². The first-order valence-corrected chi connectivity index (χ1v) is 8.74. The van der Waals surface area contributed by atoms with E-state index in [1.807, 2.05) is 0 Å². The van der Waals surface area contributed by atoms with E-state index >= 15 is 0 Å². The number of halogens is 4. The average molecular weight is 417 g/mol. The maximum atomic E-state index is 13.0. The number of carbonyl (C=O) groups excluding carboxylic acids is 1. The summed E-state index contributed by atoms with van der Waals surface area (Å²) in [6.07, 6.45) is -1.69. The van der Waals surface area contributed by atoms with Crippen molar-refractivity contribution < 1.29 is 18.0 Å². The lowest BCUT2D eigenvalue weighted by molar-refractivity contribution is -0.137. The first kappa shape index (κ1) is 18.9. The zero-order chi connectivity index (χ0) is 20.8. The van der Waals surface area contributed by atoms with Crippen molar-refractivity contribution in [2.75, 3.05) is 0 Å². The van der Waals surface area contributed by atoms with Gasteiger partial charge in [0, 0.05) is 27.9 Å². The Morgan fingerprint density at radius 1 is 1.00 bits per heavy atom. The summed E-state index contributed by atoms with van der Waals surface area (Å²) in [6.45, 7) is 0. The number of fused-ring (bicyclic) bond motifs is 1. The van der Waals surface area contributed by atoms with Crippen LogP contribution >= 0.6 is 11.6 Å². The second-order valence-corrected chi connectivity index (χ2v) is 6.64. The van der Waals surface area contributed by atoms with E-state index in [0.29, 0.717) is 27.4 Å². The van der Waals surface area contributed by atoms with Gasteiger partial charge in [-0.15, -0.1) is 0 Å². The molecule has 0 unspecified atom stereocenters. The maximum absolute atomic E-state index is 13.0. The number of nitrogens with zero attached hydrogens (tertiary/aromatic N) is 3. The summed E-state index contributed by atoms with van der Waals surface area (Å²) in [6, 6.07) is 11.6. The van der Waals surface area contributed by atoms with E-state index in [4.69, 9.17) is 17.3 Å². The van der Waals surface area contributed by atoms with Gasteiger partial charge in [-0.25, -0.2) is 9.50 Å². The number of carbonyl (C=O) groups is 1. The number of rotatable bonds is 3. The van der Waals surface area contributed by atoms with E-state index in [9.17, 15) is 18.0 Å². The molecule has 29 heavy (non-hydrogen) atoms. The molecule has 0 aliphatic rings. The van der Waals surface area contributed by atoms with Gasteiger partial charge in [0.1, 0.15) is 5.56 Å². The molecule has 2 N–H and O–H groups in total. The third kappa shape index (κ3) is 3.31. The summed E-state index contributed by atoms with van der Waals surface area (Å²) < 4.78 is 40.3. The molecular formula is C20H12ClF3N4O. The normalized spacial score (nSPS) is 11.7. The molecule has 0 saturated heterocycles. The lowest BCUT2D eigenvalue weighted by Crippen LogP contribution is -2.11. The fourth-order valence-corrected chi connectivity index (χ4v) is 3.31. The number of alkyl halides is 3. The highest BCUT2D eigenvalue weighted by Crippen LogP contribution is 2.37. The lowest BCUT2D eigenvalue weighted by atomic mass is 9.99.